The molecule has 8 nitrogen and oxygen atoms in total. The summed E-state index contributed by atoms with van der Waals surface area (Å²) < 4.78 is 6.75. The van der Waals surface area contributed by atoms with E-state index in [1.54, 1.807) is 24.0 Å². The third kappa shape index (κ3) is 5.05. The Balaban J connectivity index is 2.17. The van der Waals surface area contributed by atoms with Gasteiger partial charge in [-0.1, -0.05) is 18.2 Å². The second-order valence-corrected chi connectivity index (χ2v) is 8.01. The predicted octanol–water partition coefficient (Wildman–Crippen LogP) is 0.792. The molecular formula is C23H25N3O5S. The molecular weight excluding hydrogens is 430 g/mol. The number of fused-ring (bicyclic) bond motifs is 1. The van der Waals surface area contributed by atoms with Gasteiger partial charge in [0.25, 0.3) is 11.1 Å². The van der Waals surface area contributed by atoms with E-state index < -0.39 is 11.5 Å². The average Bonchev–Trinajstić information content (AvgIpc) is 3.04. The highest BCUT2D eigenvalue weighted by molar-refractivity contribution is 7.07. The number of H-pyrrole nitrogens is 1. The summed E-state index contributed by atoms with van der Waals surface area (Å²) in [5, 5.41) is 0.824. The largest absolute Gasteiger partial charge is 0.463 e. The Morgan fingerprint density at radius 1 is 1.16 bits per heavy atom. The van der Waals surface area contributed by atoms with Gasteiger partial charge in [-0.05, 0) is 44.4 Å². The van der Waals surface area contributed by atoms with Gasteiger partial charge in [0, 0.05) is 24.2 Å². The van der Waals surface area contributed by atoms with Gasteiger partial charge in [-0.2, -0.15) is 0 Å². The van der Waals surface area contributed by atoms with Crippen LogP contribution in [-0.4, -0.2) is 46.0 Å². The normalized spacial score (nSPS) is 12.3. The zero-order valence-corrected chi connectivity index (χ0v) is 19.0. The standard InChI is InChI=1S/C23H25N3O5S/c1-4-25(5-2)19(27)14-26-20(13-21(28)31-6-3)32-18(23(26)30)12-16-11-15-9-7-8-10-17(15)24-22(16)29/h7-13H,4-6,14H2,1-3H3,(H,24,29)/b18-12-,20-13-. The third-order valence-electron chi connectivity index (χ3n) is 4.94. The molecule has 0 atom stereocenters. The number of hydrogen-bond acceptors (Lipinski definition) is 6. The van der Waals surface area contributed by atoms with Crippen LogP contribution in [0.25, 0.3) is 23.1 Å². The summed E-state index contributed by atoms with van der Waals surface area (Å²) >= 11 is 1.03. The molecule has 0 radical (unpaired) electrons. The molecule has 0 unspecified atom stereocenters. The lowest BCUT2D eigenvalue weighted by Crippen LogP contribution is -2.40. The van der Waals surface area contributed by atoms with Crippen LogP contribution in [0, 0.1) is 0 Å². The average molecular weight is 456 g/mol. The second kappa shape index (κ2) is 10.2. The second-order valence-electron chi connectivity index (χ2n) is 6.94. The van der Waals surface area contributed by atoms with Crippen LogP contribution in [0.15, 0.2) is 39.9 Å². The lowest BCUT2D eigenvalue weighted by Gasteiger charge is -2.18. The number of rotatable bonds is 7. The molecule has 3 aromatic rings. The molecule has 0 aliphatic heterocycles. The molecule has 3 rings (SSSR count). The minimum absolute atomic E-state index is 0.189. The van der Waals surface area contributed by atoms with Crippen molar-refractivity contribution in [2.45, 2.75) is 27.3 Å². The summed E-state index contributed by atoms with van der Waals surface area (Å²) in [6.07, 6.45) is 2.69. The van der Waals surface area contributed by atoms with Gasteiger partial charge >= 0.3 is 5.97 Å². The maximum Gasteiger partial charge on any atom is 0.333 e. The van der Waals surface area contributed by atoms with Crippen LogP contribution < -0.4 is 20.3 Å². The number of benzene rings is 1. The number of hydrogen-bond donors (Lipinski definition) is 1. The summed E-state index contributed by atoms with van der Waals surface area (Å²) in [6, 6.07) is 9.03. The number of amides is 1. The van der Waals surface area contributed by atoms with Gasteiger partial charge in [-0.15, -0.1) is 11.3 Å². The van der Waals surface area contributed by atoms with Crippen molar-refractivity contribution in [3.05, 3.63) is 65.8 Å². The quantitative estimate of drug-likeness (QED) is 0.531. The number of aromatic nitrogens is 2. The first-order valence-corrected chi connectivity index (χ1v) is 11.2. The van der Waals surface area contributed by atoms with E-state index in [9.17, 15) is 19.2 Å². The Kier molecular flexibility index (Phi) is 7.42. The first-order valence-electron chi connectivity index (χ1n) is 10.4. The van der Waals surface area contributed by atoms with Gasteiger partial charge in [-0.25, -0.2) is 4.79 Å². The minimum Gasteiger partial charge on any atom is -0.463 e. The van der Waals surface area contributed by atoms with Crippen LogP contribution >= 0.6 is 11.3 Å². The summed E-state index contributed by atoms with van der Waals surface area (Å²) in [7, 11) is 0. The molecule has 2 aromatic heterocycles. The van der Waals surface area contributed by atoms with Crippen LogP contribution in [-0.2, 0) is 20.9 Å². The molecule has 2 heterocycles. The topological polar surface area (TPSA) is 101 Å². The molecule has 0 fully saturated rings. The van der Waals surface area contributed by atoms with E-state index in [2.05, 4.69) is 4.98 Å². The Morgan fingerprint density at radius 3 is 2.56 bits per heavy atom. The van der Waals surface area contributed by atoms with Crippen LogP contribution in [0.4, 0.5) is 0 Å². The first kappa shape index (κ1) is 23.2. The van der Waals surface area contributed by atoms with E-state index in [-0.39, 0.29) is 33.8 Å². The van der Waals surface area contributed by atoms with Crippen molar-refractivity contribution in [2.75, 3.05) is 19.7 Å². The summed E-state index contributed by atoms with van der Waals surface area (Å²) in [5.41, 5.74) is 0.225. The van der Waals surface area contributed by atoms with E-state index in [4.69, 9.17) is 4.74 Å². The highest BCUT2D eigenvalue weighted by Gasteiger charge is 2.15. The molecule has 0 saturated heterocycles. The fraction of sp³-hybridized carbons (Fsp3) is 0.304. The summed E-state index contributed by atoms with van der Waals surface area (Å²) in [5.74, 6) is -0.837. The highest BCUT2D eigenvalue weighted by atomic mass is 32.1. The van der Waals surface area contributed by atoms with Crippen molar-refractivity contribution in [1.29, 1.82) is 0 Å². The zero-order valence-electron chi connectivity index (χ0n) is 18.2. The molecule has 1 N–H and O–H groups in total. The van der Waals surface area contributed by atoms with Gasteiger partial charge in [-0.3, -0.25) is 19.0 Å². The van der Waals surface area contributed by atoms with Crippen LogP contribution in [0.5, 0.6) is 0 Å². The van der Waals surface area contributed by atoms with Gasteiger partial charge in [0.05, 0.1) is 17.2 Å². The lowest BCUT2D eigenvalue weighted by molar-refractivity contribution is -0.135. The summed E-state index contributed by atoms with van der Waals surface area (Å²) in [4.78, 5) is 54.7. The Morgan fingerprint density at radius 2 is 1.88 bits per heavy atom. The maximum atomic E-state index is 13.1. The molecule has 9 heteroatoms. The maximum absolute atomic E-state index is 13.1. The predicted molar refractivity (Wildman–Crippen MR) is 125 cm³/mol. The molecule has 1 amide bonds. The minimum atomic E-state index is -0.604. The van der Waals surface area contributed by atoms with E-state index in [1.807, 2.05) is 32.0 Å². The lowest BCUT2D eigenvalue weighted by atomic mass is 10.1. The Labute approximate surface area is 188 Å². The highest BCUT2D eigenvalue weighted by Crippen LogP contribution is 2.10. The molecule has 1 aromatic carbocycles. The van der Waals surface area contributed by atoms with Crippen molar-refractivity contribution in [3.8, 4) is 0 Å². The number of thiazole rings is 1. The number of nitrogens with zero attached hydrogens (tertiary/aromatic N) is 2. The zero-order chi connectivity index (χ0) is 23.3. The molecule has 0 spiro atoms. The number of aromatic amines is 1. The van der Waals surface area contributed by atoms with Crippen molar-refractivity contribution >= 4 is 46.3 Å². The number of nitrogens with one attached hydrogen (secondary N) is 1. The Bertz CT molecular complexity index is 1380. The van der Waals surface area contributed by atoms with Crippen molar-refractivity contribution in [2.24, 2.45) is 0 Å². The monoisotopic (exact) mass is 455 g/mol. The molecule has 0 aliphatic carbocycles. The number of carbonyl (C=O) groups excluding carboxylic acids is 2. The van der Waals surface area contributed by atoms with Crippen LogP contribution in [0.3, 0.4) is 0 Å². The van der Waals surface area contributed by atoms with Crippen molar-refractivity contribution in [3.63, 3.8) is 0 Å². The van der Waals surface area contributed by atoms with E-state index in [0.717, 1.165) is 16.7 Å². The molecule has 168 valence electrons. The van der Waals surface area contributed by atoms with Gasteiger partial charge in [0.1, 0.15) is 11.2 Å². The van der Waals surface area contributed by atoms with Crippen molar-refractivity contribution in [1.82, 2.24) is 14.5 Å². The van der Waals surface area contributed by atoms with Gasteiger partial charge in [0.2, 0.25) is 5.91 Å². The Hall–Kier alpha value is -3.46. The number of para-hydroxylation sites is 1. The van der Waals surface area contributed by atoms with Crippen LogP contribution in [0.1, 0.15) is 26.3 Å². The number of likely N-dealkylation sites (N-methyl/N-ethyl adjacent to an activating group) is 1. The summed E-state index contributed by atoms with van der Waals surface area (Å²) in [6.45, 7) is 6.40. The fourth-order valence-electron chi connectivity index (χ4n) is 3.30. The van der Waals surface area contributed by atoms with E-state index in [0.29, 0.717) is 24.2 Å². The van der Waals surface area contributed by atoms with Gasteiger partial charge < -0.3 is 14.6 Å². The first-order chi connectivity index (χ1) is 15.4. The third-order valence-corrected chi connectivity index (χ3v) is 6.00. The van der Waals surface area contributed by atoms with Gasteiger partial charge in [0.15, 0.2) is 0 Å². The van der Waals surface area contributed by atoms with E-state index in [1.165, 1.54) is 16.7 Å². The molecule has 0 bridgehead atoms. The molecule has 32 heavy (non-hydrogen) atoms. The number of carbonyl (C=O) groups is 2. The van der Waals surface area contributed by atoms with E-state index >= 15 is 0 Å². The molecule has 0 saturated carbocycles. The number of ether oxygens (including phenoxy) is 1. The SMILES string of the molecule is CCOC(=O)/C=c1\s/c(=C\c2cc3ccccc3[nH]c2=O)c(=O)n1CC(=O)N(CC)CC. The fourth-order valence-corrected chi connectivity index (χ4v) is 4.32. The van der Waals surface area contributed by atoms with Crippen molar-refractivity contribution < 1.29 is 14.3 Å². The number of pyridine rings is 1. The number of esters is 1. The molecule has 0 aliphatic rings. The smallest absolute Gasteiger partial charge is 0.333 e. The van der Waals surface area contributed by atoms with Crippen LogP contribution in [0.2, 0.25) is 0 Å².